The Morgan fingerprint density at radius 2 is 1.79 bits per heavy atom. The summed E-state index contributed by atoms with van der Waals surface area (Å²) in [5.74, 6) is -0.351. The number of anilines is 2. The summed E-state index contributed by atoms with van der Waals surface area (Å²) in [4.78, 5) is 7.96. The highest BCUT2D eigenvalue weighted by Gasteiger charge is 2.02. The highest BCUT2D eigenvalue weighted by molar-refractivity contribution is 5.40. The van der Waals surface area contributed by atoms with Gasteiger partial charge in [0.25, 0.3) is 0 Å². The van der Waals surface area contributed by atoms with Crippen LogP contribution in [0, 0.1) is 18.6 Å². The standard InChI is InChI=1S/C13H14F2N4/c1-8-4-12(19-13(16)18-8)17-3-2-9-5-10(14)7-11(15)6-9/h4-7H,2-3H2,1H3,(H3,16,17,18,19). The number of nitrogens with two attached hydrogens (primary N) is 1. The maximum Gasteiger partial charge on any atom is 0.222 e. The van der Waals surface area contributed by atoms with Gasteiger partial charge in [-0.3, -0.25) is 0 Å². The second-order valence-electron chi connectivity index (χ2n) is 4.21. The Bertz CT molecular complexity index is 495. The first-order valence-electron chi connectivity index (χ1n) is 5.83. The summed E-state index contributed by atoms with van der Waals surface area (Å²) in [5.41, 5.74) is 6.86. The summed E-state index contributed by atoms with van der Waals surface area (Å²) in [7, 11) is 0. The number of nitrogens with one attached hydrogen (secondary N) is 1. The molecule has 0 spiro atoms. The van der Waals surface area contributed by atoms with Crippen molar-refractivity contribution >= 4 is 11.8 Å². The van der Waals surface area contributed by atoms with E-state index in [9.17, 15) is 8.78 Å². The molecule has 0 amide bonds. The molecule has 100 valence electrons. The Morgan fingerprint density at radius 3 is 2.42 bits per heavy atom. The van der Waals surface area contributed by atoms with Gasteiger partial charge in [0, 0.05) is 24.4 Å². The summed E-state index contributed by atoms with van der Waals surface area (Å²) in [6, 6.07) is 5.22. The summed E-state index contributed by atoms with van der Waals surface area (Å²) < 4.78 is 26.0. The van der Waals surface area contributed by atoms with Crippen molar-refractivity contribution in [1.29, 1.82) is 0 Å². The van der Waals surface area contributed by atoms with E-state index in [0.29, 0.717) is 24.3 Å². The fraction of sp³-hybridized carbons (Fsp3) is 0.231. The molecule has 0 fully saturated rings. The second kappa shape index (κ2) is 5.60. The van der Waals surface area contributed by atoms with E-state index >= 15 is 0 Å². The van der Waals surface area contributed by atoms with E-state index in [4.69, 9.17) is 5.73 Å². The van der Waals surface area contributed by atoms with Gasteiger partial charge in [0.05, 0.1) is 0 Å². The number of nitrogen functional groups attached to an aromatic ring is 1. The minimum absolute atomic E-state index is 0.194. The van der Waals surface area contributed by atoms with Gasteiger partial charge in [-0.15, -0.1) is 0 Å². The van der Waals surface area contributed by atoms with Crippen LogP contribution >= 0.6 is 0 Å². The molecule has 1 heterocycles. The predicted octanol–water partition coefficient (Wildman–Crippen LogP) is 2.30. The molecule has 2 aromatic rings. The van der Waals surface area contributed by atoms with Crippen LogP contribution in [0.3, 0.4) is 0 Å². The topological polar surface area (TPSA) is 63.8 Å². The maximum absolute atomic E-state index is 13.0. The van der Waals surface area contributed by atoms with Gasteiger partial charge in [-0.2, -0.15) is 4.98 Å². The molecule has 1 aromatic heterocycles. The Balaban J connectivity index is 1.96. The molecule has 4 nitrogen and oxygen atoms in total. The Hall–Kier alpha value is -2.24. The molecule has 0 radical (unpaired) electrons. The number of aromatic nitrogens is 2. The molecule has 0 aliphatic rings. The molecule has 0 saturated carbocycles. The van der Waals surface area contributed by atoms with Crippen molar-refractivity contribution in [1.82, 2.24) is 9.97 Å². The minimum Gasteiger partial charge on any atom is -0.370 e. The molecular weight excluding hydrogens is 250 g/mol. The van der Waals surface area contributed by atoms with Crippen LogP contribution in [-0.4, -0.2) is 16.5 Å². The number of benzene rings is 1. The third-order valence-corrected chi connectivity index (χ3v) is 2.51. The minimum atomic E-state index is -0.572. The first kappa shape index (κ1) is 13.2. The van der Waals surface area contributed by atoms with Crippen LogP contribution in [0.25, 0.3) is 0 Å². The molecule has 6 heteroatoms. The number of halogens is 2. The van der Waals surface area contributed by atoms with E-state index in [1.807, 2.05) is 6.92 Å². The summed E-state index contributed by atoms with van der Waals surface area (Å²) in [6.45, 7) is 2.31. The van der Waals surface area contributed by atoms with Crippen LogP contribution in [-0.2, 0) is 6.42 Å². The average molecular weight is 264 g/mol. The van der Waals surface area contributed by atoms with Gasteiger partial charge in [0.1, 0.15) is 17.5 Å². The highest BCUT2D eigenvalue weighted by atomic mass is 19.1. The molecule has 0 atom stereocenters. The van der Waals surface area contributed by atoms with Crippen molar-refractivity contribution in [2.45, 2.75) is 13.3 Å². The van der Waals surface area contributed by atoms with Crippen LogP contribution in [0.1, 0.15) is 11.3 Å². The van der Waals surface area contributed by atoms with E-state index in [0.717, 1.165) is 11.8 Å². The Morgan fingerprint density at radius 1 is 1.11 bits per heavy atom. The Labute approximate surface area is 109 Å². The third-order valence-electron chi connectivity index (χ3n) is 2.51. The van der Waals surface area contributed by atoms with Crippen molar-refractivity contribution in [2.75, 3.05) is 17.6 Å². The second-order valence-corrected chi connectivity index (χ2v) is 4.21. The molecule has 0 aliphatic heterocycles. The molecule has 0 unspecified atom stereocenters. The van der Waals surface area contributed by atoms with Crippen LogP contribution in [0.15, 0.2) is 24.3 Å². The van der Waals surface area contributed by atoms with Gasteiger partial charge >= 0.3 is 0 Å². The smallest absolute Gasteiger partial charge is 0.222 e. The van der Waals surface area contributed by atoms with Crippen LogP contribution < -0.4 is 11.1 Å². The lowest BCUT2D eigenvalue weighted by Crippen LogP contribution is -2.09. The molecule has 3 N–H and O–H groups in total. The van der Waals surface area contributed by atoms with Crippen molar-refractivity contribution in [3.05, 3.63) is 47.2 Å². The first-order valence-corrected chi connectivity index (χ1v) is 5.83. The van der Waals surface area contributed by atoms with Gasteiger partial charge in [-0.1, -0.05) is 0 Å². The van der Waals surface area contributed by atoms with Crippen molar-refractivity contribution in [3.63, 3.8) is 0 Å². The van der Waals surface area contributed by atoms with E-state index in [1.54, 1.807) is 6.07 Å². The molecule has 0 bridgehead atoms. The predicted molar refractivity (Wildman–Crippen MR) is 69.7 cm³/mol. The number of hydrogen-bond donors (Lipinski definition) is 2. The highest BCUT2D eigenvalue weighted by Crippen LogP contribution is 2.10. The van der Waals surface area contributed by atoms with Gasteiger partial charge in [0.2, 0.25) is 5.95 Å². The van der Waals surface area contributed by atoms with E-state index in [1.165, 1.54) is 12.1 Å². The van der Waals surface area contributed by atoms with E-state index < -0.39 is 11.6 Å². The van der Waals surface area contributed by atoms with Crippen molar-refractivity contribution in [2.24, 2.45) is 0 Å². The van der Waals surface area contributed by atoms with Crippen molar-refractivity contribution in [3.8, 4) is 0 Å². The molecular formula is C13H14F2N4. The first-order chi connectivity index (χ1) is 9.02. The summed E-state index contributed by atoms with van der Waals surface area (Å²) in [6.07, 6.45) is 0.484. The van der Waals surface area contributed by atoms with Gasteiger partial charge < -0.3 is 11.1 Å². The molecule has 0 saturated heterocycles. The molecule has 2 rings (SSSR count). The number of aryl methyl sites for hydroxylation is 1. The zero-order chi connectivity index (χ0) is 13.8. The zero-order valence-electron chi connectivity index (χ0n) is 10.5. The SMILES string of the molecule is Cc1cc(NCCc2cc(F)cc(F)c2)nc(N)n1. The lowest BCUT2D eigenvalue weighted by Gasteiger charge is -2.07. The largest absolute Gasteiger partial charge is 0.370 e. The summed E-state index contributed by atoms with van der Waals surface area (Å²) >= 11 is 0. The Kier molecular flexibility index (Phi) is 3.89. The molecule has 1 aromatic carbocycles. The van der Waals surface area contributed by atoms with Gasteiger partial charge in [-0.05, 0) is 31.0 Å². The molecule has 0 aliphatic carbocycles. The van der Waals surface area contributed by atoms with Gasteiger partial charge in [0.15, 0.2) is 0 Å². The fourth-order valence-electron chi connectivity index (χ4n) is 1.77. The summed E-state index contributed by atoms with van der Waals surface area (Å²) in [5, 5.41) is 3.04. The van der Waals surface area contributed by atoms with Gasteiger partial charge in [-0.25, -0.2) is 13.8 Å². The number of hydrogen-bond acceptors (Lipinski definition) is 4. The normalized spacial score (nSPS) is 10.5. The van der Waals surface area contributed by atoms with Crippen LogP contribution in [0.2, 0.25) is 0 Å². The fourth-order valence-corrected chi connectivity index (χ4v) is 1.77. The monoisotopic (exact) mass is 264 g/mol. The third kappa shape index (κ3) is 3.87. The maximum atomic E-state index is 13.0. The number of nitrogens with zero attached hydrogens (tertiary/aromatic N) is 2. The van der Waals surface area contributed by atoms with Crippen LogP contribution in [0.5, 0.6) is 0 Å². The lowest BCUT2D eigenvalue weighted by atomic mass is 10.1. The molecule has 19 heavy (non-hydrogen) atoms. The van der Waals surface area contributed by atoms with Crippen molar-refractivity contribution < 1.29 is 8.78 Å². The van der Waals surface area contributed by atoms with E-state index in [2.05, 4.69) is 15.3 Å². The average Bonchev–Trinajstić information content (AvgIpc) is 2.26. The zero-order valence-corrected chi connectivity index (χ0v) is 10.5. The van der Waals surface area contributed by atoms with Crippen LogP contribution in [0.4, 0.5) is 20.5 Å². The lowest BCUT2D eigenvalue weighted by molar-refractivity contribution is 0.580. The van der Waals surface area contributed by atoms with E-state index in [-0.39, 0.29) is 5.95 Å². The number of rotatable bonds is 4. The quantitative estimate of drug-likeness (QED) is 0.889.